The van der Waals surface area contributed by atoms with E-state index in [1.54, 1.807) is 0 Å². The van der Waals surface area contributed by atoms with Crippen molar-refractivity contribution >= 4 is 32.5 Å². The Kier molecular flexibility index (Phi) is 3.74. The average Bonchev–Trinajstić information content (AvgIpc) is 2.41. The lowest BCUT2D eigenvalue weighted by molar-refractivity contribution is 0.361. The second-order valence-corrected chi connectivity index (χ2v) is 6.55. The molecule has 1 saturated carbocycles. The fourth-order valence-corrected chi connectivity index (χ4v) is 3.22. The number of hydrogen-bond acceptors (Lipinski definition) is 2. The van der Waals surface area contributed by atoms with E-state index >= 15 is 0 Å². The summed E-state index contributed by atoms with van der Waals surface area (Å²) in [6, 6.07) is 9.08. The Bertz CT molecular complexity index is 574. The van der Waals surface area contributed by atoms with Crippen LogP contribution in [-0.2, 0) is 0 Å². The zero-order valence-electron chi connectivity index (χ0n) is 11.2. The molecule has 1 aliphatic rings. The number of rotatable bonds is 2. The fourth-order valence-electron chi connectivity index (χ4n) is 2.87. The van der Waals surface area contributed by atoms with Gasteiger partial charge in [0, 0.05) is 22.1 Å². The minimum absolute atomic E-state index is 0.604. The van der Waals surface area contributed by atoms with Crippen molar-refractivity contribution in [2.75, 3.05) is 5.32 Å². The van der Waals surface area contributed by atoms with Crippen LogP contribution in [0.15, 0.2) is 34.9 Å². The molecule has 0 bridgehead atoms. The van der Waals surface area contributed by atoms with Crippen LogP contribution < -0.4 is 5.32 Å². The van der Waals surface area contributed by atoms with Gasteiger partial charge in [-0.05, 0) is 59.7 Å². The molecule has 0 unspecified atom stereocenters. The van der Waals surface area contributed by atoms with Crippen LogP contribution in [0.25, 0.3) is 10.9 Å². The van der Waals surface area contributed by atoms with E-state index in [1.165, 1.54) is 36.8 Å². The monoisotopic (exact) mass is 318 g/mol. The molecular weight excluding hydrogens is 300 g/mol. The topological polar surface area (TPSA) is 24.9 Å². The lowest BCUT2D eigenvalue weighted by atomic mass is 9.87. The molecule has 100 valence electrons. The van der Waals surface area contributed by atoms with Gasteiger partial charge in [0.25, 0.3) is 0 Å². The molecule has 1 aliphatic carbocycles. The molecule has 2 nitrogen and oxygen atoms in total. The highest BCUT2D eigenvalue weighted by molar-refractivity contribution is 9.10. The number of aromatic nitrogens is 1. The molecule has 0 aliphatic heterocycles. The Morgan fingerprint density at radius 2 is 2.00 bits per heavy atom. The maximum Gasteiger partial charge on any atom is 0.0934 e. The van der Waals surface area contributed by atoms with Crippen LogP contribution in [0.5, 0.6) is 0 Å². The molecule has 0 atom stereocenters. The molecule has 0 saturated heterocycles. The molecule has 19 heavy (non-hydrogen) atoms. The summed E-state index contributed by atoms with van der Waals surface area (Å²) in [6.07, 6.45) is 7.08. The lowest BCUT2D eigenvalue weighted by Gasteiger charge is -2.28. The van der Waals surface area contributed by atoms with Gasteiger partial charge in [-0.1, -0.05) is 19.1 Å². The Morgan fingerprint density at radius 1 is 1.21 bits per heavy atom. The summed E-state index contributed by atoms with van der Waals surface area (Å²) < 4.78 is 1.03. The predicted octanol–water partition coefficient (Wildman–Crippen LogP) is 4.99. The molecule has 0 amide bonds. The van der Waals surface area contributed by atoms with E-state index in [2.05, 4.69) is 57.4 Å². The predicted molar refractivity (Wildman–Crippen MR) is 84.5 cm³/mol. The highest BCUT2D eigenvalue weighted by Crippen LogP contribution is 2.29. The number of fused-ring (bicyclic) bond motifs is 1. The van der Waals surface area contributed by atoms with Crippen LogP contribution in [0.2, 0.25) is 0 Å². The van der Waals surface area contributed by atoms with E-state index in [-0.39, 0.29) is 0 Å². The van der Waals surface area contributed by atoms with Gasteiger partial charge in [0.05, 0.1) is 11.2 Å². The van der Waals surface area contributed by atoms with Crippen LogP contribution in [-0.4, -0.2) is 11.0 Å². The molecule has 0 radical (unpaired) electrons. The number of anilines is 1. The van der Waals surface area contributed by atoms with Gasteiger partial charge in [0.1, 0.15) is 0 Å². The van der Waals surface area contributed by atoms with Crippen LogP contribution in [0.1, 0.15) is 32.6 Å². The van der Waals surface area contributed by atoms with Gasteiger partial charge >= 0.3 is 0 Å². The number of halogens is 1. The van der Waals surface area contributed by atoms with Crippen LogP contribution in [0, 0.1) is 5.92 Å². The molecule has 3 rings (SSSR count). The maximum atomic E-state index is 4.55. The van der Waals surface area contributed by atoms with Crippen molar-refractivity contribution in [3.05, 3.63) is 34.9 Å². The Hall–Kier alpha value is -1.09. The normalized spacial score (nSPS) is 23.5. The van der Waals surface area contributed by atoms with Gasteiger partial charge in [-0.2, -0.15) is 0 Å². The first-order chi connectivity index (χ1) is 9.22. The van der Waals surface area contributed by atoms with Crippen molar-refractivity contribution in [1.29, 1.82) is 0 Å². The second-order valence-electron chi connectivity index (χ2n) is 5.63. The van der Waals surface area contributed by atoms with Gasteiger partial charge in [0.2, 0.25) is 0 Å². The zero-order valence-corrected chi connectivity index (χ0v) is 12.8. The highest BCUT2D eigenvalue weighted by Gasteiger charge is 2.18. The standard InChI is InChI=1S/C16H19BrN2/c1-11-5-7-14(8-6-11)19-15-4-2-3-12-9-13(17)10-18-16(12)15/h2-4,9-11,14,19H,5-8H2,1H3. The minimum Gasteiger partial charge on any atom is -0.381 e. The SMILES string of the molecule is CC1CCC(Nc2cccc3cc(Br)cnc23)CC1. The van der Waals surface area contributed by atoms with E-state index in [1.807, 2.05) is 6.20 Å². The molecule has 1 aromatic carbocycles. The minimum atomic E-state index is 0.604. The van der Waals surface area contributed by atoms with Crippen molar-refractivity contribution in [3.8, 4) is 0 Å². The number of para-hydroxylation sites is 1. The summed E-state index contributed by atoms with van der Waals surface area (Å²) in [5.41, 5.74) is 2.24. The van der Waals surface area contributed by atoms with Gasteiger partial charge < -0.3 is 5.32 Å². The molecule has 3 heteroatoms. The molecule has 2 aromatic rings. The Morgan fingerprint density at radius 3 is 2.79 bits per heavy atom. The first kappa shape index (κ1) is 12.9. The highest BCUT2D eigenvalue weighted by atomic mass is 79.9. The van der Waals surface area contributed by atoms with E-state index in [0.717, 1.165) is 15.9 Å². The quantitative estimate of drug-likeness (QED) is 0.843. The van der Waals surface area contributed by atoms with E-state index < -0.39 is 0 Å². The molecule has 0 spiro atoms. The van der Waals surface area contributed by atoms with Crippen molar-refractivity contribution in [2.45, 2.75) is 38.6 Å². The third-order valence-electron chi connectivity index (χ3n) is 4.05. The van der Waals surface area contributed by atoms with Crippen molar-refractivity contribution in [2.24, 2.45) is 5.92 Å². The number of benzene rings is 1. The van der Waals surface area contributed by atoms with E-state index in [4.69, 9.17) is 0 Å². The summed E-state index contributed by atoms with van der Waals surface area (Å²) in [5.74, 6) is 0.889. The van der Waals surface area contributed by atoms with Crippen molar-refractivity contribution < 1.29 is 0 Å². The summed E-state index contributed by atoms with van der Waals surface area (Å²) in [6.45, 7) is 2.35. The first-order valence-corrected chi connectivity index (χ1v) is 7.82. The lowest BCUT2D eigenvalue weighted by Crippen LogP contribution is -2.25. The van der Waals surface area contributed by atoms with Gasteiger partial charge in [-0.25, -0.2) is 0 Å². The second kappa shape index (κ2) is 5.49. The van der Waals surface area contributed by atoms with Crippen LogP contribution in [0.3, 0.4) is 0 Å². The number of nitrogens with zero attached hydrogens (tertiary/aromatic N) is 1. The maximum absolute atomic E-state index is 4.55. The third kappa shape index (κ3) is 2.92. The molecule has 1 N–H and O–H groups in total. The molecular formula is C16H19BrN2. The van der Waals surface area contributed by atoms with Crippen LogP contribution >= 0.6 is 15.9 Å². The van der Waals surface area contributed by atoms with Crippen molar-refractivity contribution in [3.63, 3.8) is 0 Å². The number of nitrogens with one attached hydrogen (secondary N) is 1. The number of hydrogen-bond donors (Lipinski definition) is 1. The largest absolute Gasteiger partial charge is 0.381 e. The van der Waals surface area contributed by atoms with E-state index in [9.17, 15) is 0 Å². The van der Waals surface area contributed by atoms with E-state index in [0.29, 0.717) is 6.04 Å². The van der Waals surface area contributed by atoms with Gasteiger partial charge in [0.15, 0.2) is 0 Å². The molecule has 1 heterocycles. The van der Waals surface area contributed by atoms with Gasteiger partial charge in [-0.15, -0.1) is 0 Å². The fraction of sp³-hybridized carbons (Fsp3) is 0.438. The van der Waals surface area contributed by atoms with Crippen molar-refractivity contribution in [1.82, 2.24) is 4.98 Å². The Balaban J connectivity index is 1.84. The zero-order chi connectivity index (χ0) is 13.2. The first-order valence-electron chi connectivity index (χ1n) is 7.03. The summed E-state index contributed by atoms with van der Waals surface area (Å²) in [4.78, 5) is 4.55. The third-order valence-corrected chi connectivity index (χ3v) is 4.49. The van der Waals surface area contributed by atoms with Gasteiger partial charge in [-0.3, -0.25) is 4.98 Å². The Labute approximate surface area is 122 Å². The average molecular weight is 319 g/mol. The molecule has 1 fully saturated rings. The van der Waals surface area contributed by atoms with Crippen LogP contribution in [0.4, 0.5) is 5.69 Å². The summed E-state index contributed by atoms with van der Waals surface area (Å²) >= 11 is 3.48. The molecule has 1 aromatic heterocycles. The smallest absolute Gasteiger partial charge is 0.0934 e. The summed E-state index contributed by atoms with van der Waals surface area (Å²) in [7, 11) is 0. The summed E-state index contributed by atoms with van der Waals surface area (Å²) in [5, 5.41) is 4.87. The number of pyridine rings is 1.